The van der Waals surface area contributed by atoms with Crippen LogP contribution in [-0.4, -0.2) is 50.2 Å². The molecule has 0 unspecified atom stereocenters. The molecule has 138 valence electrons. The van der Waals surface area contributed by atoms with Crippen LogP contribution >= 0.6 is 0 Å². The van der Waals surface area contributed by atoms with E-state index in [0.29, 0.717) is 23.1 Å². The minimum atomic E-state index is -0.0801. The number of hydrogen-bond acceptors (Lipinski definition) is 4. The lowest BCUT2D eigenvalue weighted by Crippen LogP contribution is -2.39. The summed E-state index contributed by atoms with van der Waals surface area (Å²) in [5.41, 5.74) is 0.537. The zero-order valence-electron chi connectivity index (χ0n) is 15.4. The van der Waals surface area contributed by atoms with Crippen LogP contribution in [0.5, 0.6) is 11.5 Å². The van der Waals surface area contributed by atoms with Crippen molar-refractivity contribution in [3.05, 3.63) is 23.8 Å². The van der Waals surface area contributed by atoms with Crippen LogP contribution in [0, 0.1) is 0 Å². The molecule has 1 saturated heterocycles. The summed E-state index contributed by atoms with van der Waals surface area (Å²) in [4.78, 5) is 15.3. The molecular formula is C20H30N2O3. The summed E-state index contributed by atoms with van der Waals surface area (Å²) in [5, 5.41) is 3.19. The van der Waals surface area contributed by atoms with Crippen molar-refractivity contribution in [1.82, 2.24) is 10.2 Å². The molecule has 0 spiro atoms. The number of carbonyl (C=O) groups is 1. The van der Waals surface area contributed by atoms with E-state index in [0.717, 1.165) is 19.5 Å². The largest absolute Gasteiger partial charge is 0.497 e. The summed E-state index contributed by atoms with van der Waals surface area (Å²) >= 11 is 0. The summed E-state index contributed by atoms with van der Waals surface area (Å²) in [6.45, 7) is 2.05. The predicted molar refractivity (Wildman–Crippen MR) is 98.5 cm³/mol. The van der Waals surface area contributed by atoms with Gasteiger partial charge in [0.05, 0.1) is 19.8 Å². The fourth-order valence-electron chi connectivity index (χ4n) is 4.11. The minimum absolute atomic E-state index is 0.0801. The van der Waals surface area contributed by atoms with Crippen molar-refractivity contribution < 1.29 is 14.3 Å². The third kappa shape index (κ3) is 4.46. The Bertz CT molecular complexity index is 582. The molecule has 5 nitrogen and oxygen atoms in total. The molecule has 1 aromatic carbocycles. The van der Waals surface area contributed by atoms with Gasteiger partial charge in [0.1, 0.15) is 11.5 Å². The second kappa shape index (κ2) is 8.56. The Morgan fingerprint density at radius 1 is 1.08 bits per heavy atom. The zero-order chi connectivity index (χ0) is 17.6. The van der Waals surface area contributed by atoms with E-state index >= 15 is 0 Å². The number of hydrogen-bond donors (Lipinski definition) is 1. The van der Waals surface area contributed by atoms with Crippen LogP contribution < -0.4 is 14.8 Å². The number of amides is 1. The maximum Gasteiger partial charge on any atom is 0.255 e. The molecule has 1 amide bonds. The predicted octanol–water partition coefficient (Wildman–Crippen LogP) is 3.23. The summed E-state index contributed by atoms with van der Waals surface area (Å²) in [5.74, 6) is 1.16. The molecule has 25 heavy (non-hydrogen) atoms. The van der Waals surface area contributed by atoms with E-state index in [9.17, 15) is 4.79 Å². The molecule has 2 aliphatic rings. The SMILES string of the molecule is COc1ccc(OC)c(C(=O)N[C@H]2CCN(C3CCCCCC3)C2)c1. The first-order valence-corrected chi connectivity index (χ1v) is 9.48. The smallest absolute Gasteiger partial charge is 0.255 e. The molecule has 0 aromatic heterocycles. The normalized spacial score (nSPS) is 22.4. The number of benzene rings is 1. The lowest BCUT2D eigenvalue weighted by molar-refractivity contribution is 0.0932. The quantitative estimate of drug-likeness (QED) is 0.832. The monoisotopic (exact) mass is 346 g/mol. The average molecular weight is 346 g/mol. The van der Waals surface area contributed by atoms with E-state index in [1.165, 1.54) is 38.5 Å². The van der Waals surface area contributed by atoms with Crippen LogP contribution in [0.2, 0.25) is 0 Å². The van der Waals surface area contributed by atoms with Gasteiger partial charge in [0.15, 0.2) is 0 Å². The lowest BCUT2D eigenvalue weighted by Gasteiger charge is -2.26. The molecule has 1 aromatic rings. The highest BCUT2D eigenvalue weighted by molar-refractivity contribution is 5.97. The summed E-state index contributed by atoms with van der Waals surface area (Å²) in [6, 6.07) is 6.24. The maximum atomic E-state index is 12.7. The maximum absolute atomic E-state index is 12.7. The molecular weight excluding hydrogens is 316 g/mol. The number of nitrogens with zero attached hydrogens (tertiary/aromatic N) is 1. The van der Waals surface area contributed by atoms with Crippen molar-refractivity contribution in [2.24, 2.45) is 0 Å². The van der Waals surface area contributed by atoms with Crippen molar-refractivity contribution in [2.75, 3.05) is 27.3 Å². The Morgan fingerprint density at radius 2 is 1.84 bits per heavy atom. The number of ether oxygens (including phenoxy) is 2. The highest BCUT2D eigenvalue weighted by Crippen LogP contribution is 2.27. The van der Waals surface area contributed by atoms with Crippen LogP contribution in [0.25, 0.3) is 0 Å². The third-order valence-corrected chi connectivity index (χ3v) is 5.55. The Morgan fingerprint density at radius 3 is 2.52 bits per heavy atom. The number of rotatable bonds is 5. The Hall–Kier alpha value is -1.75. The first-order valence-electron chi connectivity index (χ1n) is 9.48. The molecule has 0 radical (unpaired) electrons. The molecule has 1 aliphatic heterocycles. The van der Waals surface area contributed by atoms with Crippen molar-refractivity contribution in [3.8, 4) is 11.5 Å². The molecule has 1 aliphatic carbocycles. The van der Waals surface area contributed by atoms with Crippen LogP contribution in [0.15, 0.2) is 18.2 Å². The average Bonchev–Trinajstić information content (AvgIpc) is 2.93. The summed E-state index contributed by atoms with van der Waals surface area (Å²) in [7, 11) is 3.19. The van der Waals surface area contributed by atoms with Crippen LogP contribution in [0.3, 0.4) is 0 Å². The van der Waals surface area contributed by atoms with E-state index in [1.54, 1.807) is 32.4 Å². The third-order valence-electron chi connectivity index (χ3n) is 5.55. The van der Waals surface area contributed by atoms with Gasteiger partial charge in [-0.05, 0) is 37.5 Å². The molecule has 2 fully saturated rings. The summed E-state index contributed by atoms with van der Waals surface area (Å²) in [6.07, 6.45) is 9.09. The van der Waals surface area contributed by atoms with Gasteiger partial charge >= 0.3 is 0 Å². The Balaban J connectivity index is 1.60. The van der Waals surface area contributed by atoms with E-state index in [4.69, 9.17) is 9.47 Å². The summed E-state index contributed by atoms with van der Waals surface area (Å²) < 4.78 is 10.6. The number of nitrogens with one attached hydrogen (secondary N) is 1. The lowest BCUT2D eigenvalue weighted by atomic mass is 10.1. The number of methoxy groups -OCH3 is 2. The van der Waals surface area contributed by atoms with Crippen molar-refractivity contribution in [3.63, 3.8) is 0 Å². The molecule has 1 N–H and O–H groups in total. The van der Waals surface area contributed by atoms with Crippen LogP contribution in [-0.2, 0) is 0 Å². The standard InChI is InChI=1S/C20H30N2O3/c1-24-17-9-10-19(25-2)18(13-17)20(23)21-15-11-12-22(14-15)16-7-5-3-4-6-8-16/h9-10,13,15-16H,3-8,11-12,14H2,1-2H3,(H,21,23)/t15-/m0/s1. The molecule has 1 heterocycles. The fraction of sp³-hybridized carbons (Fsp3) is 0.650. The van der Waals surface area contributed by atoms with Gasteiger partial charge < -0.3 is 14.8 Å². The van der Waals surface area contributed by atoms with Gasteiger partial charge in [0.2, 0.25) is 0 Å². The van der Waals surface area contributed by atoms with Gasteiger partial charge in [-0.15, -0.1) is 0 Å². The van der Waals surface area contributed by atoms with Crippen LogP contribution in [0.4, 0.5) is 0 Å². The Labute approximate surface area is 150 Å². The van der Waals surface area contributed by atoms with Gasteiger partial charge in [-0.25, -0.2) is 0 Å². The highest BCUT2D eigenvalue weighted by Gasteiger charge is 2.30. The van der Waals surface area contributed by atoms with Gasteiger partial charge in [0, 0.05) is 25.2 Å². The van der Waals surface area contributed by atoms with Gasteiger partial charge in [-0.3, -0.25) is 9.69 Å². The van der Waals surface area contributed by atoms with E-state index in [-0.39, 0.29) is 11.9 Å². The fourth-order valence-corrected chi connectivity index (χ4v) is 4.11. The van der Waals surface area contributed by atoms with Gasteiger partial charge in [-0.2, -0.15) is 0 Å². The Kier molecular flexibility index (Phi) is 6.19. The second-order valence-corrected chi connectivity index (χ2v) is 7.17. The molecule has 1 saturated carbocycles. The van der Waals surface area contributed by atoms with E-state index < -0.39 is 0 Å². The molecule has 3 rings (SSSR count). The van der Waals surface area contributed by atoms with Crippen LogP contribution in [0.1, 0.15) is 55.3 Å². The van der Waals surface area contributed by atoms with Gasteiger partial charge in [0.25, 0.3) is 5.91 Å². The first-order chi connectivity index (χ1) is 12.2. The van der Waals surface area contributed by atoms with Crippen molar-refractivity contribution >= 4 is 5.91 Å². The number of carbonyl (C=O) groups excluding carboxylic acids is 1. The first kappa shape index (κ1) is 18.1. The topological polar surface area (TPSA) is 50.8 Å². The van der Waals surface area contributed by atoms with Gasteiger partial charge in [-0.1, -0.05) is 25.7 Å². The van der Waals surface area contributed by atoms with E-state index in [1.807, 2.05) is 0 Å². The highest BCUT2D eigenvalue weighted by atomic mass is 16.5. The van der Waals surface area contributed by atoms with Crippen molar-refractivity contribution in [1.29, 1.82) is 0 Å². The van der Waals surface area contributed by atoms with Crippen molar-refractivity contribution in [2.45, 2.75) is 57.0 Å². The van der Waals surface area contributed by atoms with E-state index in [2.05, 4.69) is 10.2 Å². The molecule has 1 atom stereocenters. The zero-order valence-corrected chi connectivity index (χ0v) is 15.4. The molecule has 0 bridgehead atoms. The molecule has 5 heteroatoms. The number of likely N-dealkylation sites (tertiary alicyclic amines) is 1. The second-order valence-electron chi connectivity index (χ2n) is 7.17. The minimum Gasteiger partial charge on any atom is -0.497 e.